The summed E-state index contributed by atoms with van der Waals surface area (Å²) in [5, 5.41) is -5.47. The van der Waals surface area contributed by atoms with Crippen molar-refractivity contribution in [3.63, 3.8) is 0 Å². The molecule has 0 aliphatic carbocycles. The van der Waals surface area contributed by atoms with Gasteiger partial charge in [-0.05, 0) is 12.1 Å². The Hall–Kier alpha value is -1.69. The smallest absolute Gasteiger partial charge is 0.398 e. The van der Waals surface area contributed by atoms with Gasteiger partial charge in [-0.1, -0.05) is 0 Å². The number of hydrogen-bond acceptors (Lipinski definition) is 5. The normalized spacial score (nSPS) is 14.6. The van der Waals surface area contributed by atoms with Crippen molar-refractivity contribution < 1.29 is 48.9 Å². The molecule has 1 rings (SSSR count). The van der Waals surface area contributed by atoms with Gasteiger partial charge in [0.15, 0.2) is 0 Å². The number of carbonyl (C=O) groups excluding carboxylic acids is 1. The fourth-order valence-electron chi connectivity index (χ4n) is 1.44. The zero-order valence-electron chi connectivity index (χ0n) is 10.5. The standard InChI is InChI=1S/C10H9F5O6S/c11-9(12,13)7(10(14,15)22(17,18)19)3-5-21-8(16)6-2-1-4-20-6/h1-2,4,7H,3,5H2,(H,17,18,19). The molecule has 0 spiro atoms. The van der Waals surface area contributed by atoms with E-state index in [9.17, 15) is 35.2 Å². The molecule has 1 atom stereocenters. The first-order valence-electron chi connectivity index (χ1n) is 5.49. The summed E-state index contributed by atoms with van der Waals surface area (Å²) in [4.78, 5) is 11.2. The van der Waals surface area contributed by atoms with Gasteiger partial charge in [-0.15, -0.1) is 0 Å². The molecule has 1 unspecified atom stereocenters. The van der Waals surface area contributed by atoms with Crippen LogP contribution >= 0.6 is 0 Å². The van der Waals surface area contributed by atoms with E-state index in [1.165, 1.54) is 6.07 Å². The van der Waals surface area contributed by atoms with Gasteiger partial charge in [-0.2, -0.15) is 30.4 Å². The molecular weight excluding hydrogens is 343 g/mol. The lowest BCUT2D eigenvalue weighted by molar-refractivity contribution is -0.222. The van der Waals surface area contributed by atoms with Crippen LogP contribution in [0.1, 0.15) is 17.0 Å². The maximum atomic E-state index is 13.2. The Morgan fingerprint density at radius 3 is 2.32 bits per heavy atom. The molecule has 0 aliphatic rings. The van der Waals surface area contributed by atoms with Gasteiger partial charge in [-0.3, -0.25) is 4.55 Å². The Morgan fingerprint density at radius 1 is 1.32 bits per heavy atom. The number of hydrogen-bond donors (Lipinski definition) is 1. The van der Waals surface area contributed by atoms with Gasteiger partial charge in [0.1, 0.15) is 5.92 Å². The number of halogens is 5. The second-order valence-corrected chi connectivity index (χ2v) is 5.53. The molecule has 0 fully saturated rings. The van der Waals surface area contributed by atoms with Crippen LogP contribution in [0.3, 0.4) is 0 Å². The third kappa shape index (κ3) is 4.16. The molecule has 22 heavy (non-hydrogen) atoms. The molecule has 0 aromatic carbocycles. The van der Waals surface area contributed by atoms with Gasteiger partial charge < -0.3 is 9.15 Å². The highest BCUT2D eigenvalue weighted by Crippen LogP contribution is 2.43. The summed E-state index contributed by atoms with van der Waals surface area (Å²) in [5.41, 5.74) is 0. The summed E-state index contributed by atoms with van der Waals surface area (Å²) in [6.07, 6.45) is -6.14. The molecule has 1 aromatic rings. The fourth-order valence-corrected chi connectivity index (χ4v) is 2.05. The maximum Gasteiger partial charge on any atom is 0.398 e. The average Bonchev–Trinajstić information content (AvgIpc) is 2.84. The third-order valence-electron chi connectivity index (χ3n) is 2.51. The molecule has 0 saturated heterocycles. The molecule has 6 nitrogen and oxygen atoms in total. The molecule has 1 aromatic heterocycles. The summed E-state index contributed by atoms with van der Waals surface area (Å²) in [6, 6.07) is 2.40. The zero-order valence-corrected chi connectivity index (χ0v) is 11.3. The Morgan fingerprint density at radius 2 is 1.91 bits per heavy atom. The lowest BCUT2D eigenvalue weighted by Crippen LogP contribution is -2.45. The van der Waals surface area contributed by atoms with E-state index in [1.54, 1.807) is 0 Å². The number of furan rings is 1. The first kappa shape index (κ1) is 18.4. The van der Waals surface area contributed by atoms with Crippen LogP contribution in [-0.2, 0) is 14.9 Å². The van der Waals surface area contributed by atoms with Crippen molar-refractivity contribution >= 4 is 16.1 Å². The average molecular weight is 352 g/mol. The van der Waals surface area contributed by atoms with Crippen LogP contribution in [0.4, 0.5) is 22.0 Å². The first-order valence-corrected chi connectivity index (χ1v) is 6.93. The van der Waals surface area contributed by atoms with Crippen molar-refractivity contribution in [2.75, 3.05) is 6.61 Å². The van der Waals surface area contributed by atoms with Crippen molar-refractivity contribution in [2.24, 2.45) is 5.92 Å². The van der Waals surface area contributed by atoms with E-state index in [1.807, 2.05) is 0 Å². The van der Waals surface area contributed by atoms with Gasteiger partial charge in [0.25, 0.3) is 0 Å². The van der Waals surface area contributed by atoms with Crippen LogP contribution in [0, 0.1) is 5.92 Å². The van der Waals surface area contributed by atoms with Crippen LogP contribution in [0.25, 0.3) is 0 Å². The van der Waals surface area contributed by atoms with Crippen molar-refractivity contribution in [3.05, 3.63) is 24.2 Å². The molecule has 0 aliphatic heterocycles. The second kappa shape index (κ2) is 6.20. The van der Waals surface area contributed by atoms with Crippen molar-refractivity contribution in [2.45, 2.75) is 17.9 Å². The molecule has 1 N–H and O–H groups in total. The lowest BCUT2D eigenvalue weighted by Gasteiger charge is -2.26. The summed E-state index contributed by atoms with van der Waals surface area (Å²) in [6.45, 7) is -1.16. The SMILES string of the molecule is O=C(OCCC(C(F)(F)F)C(F)(F)S(=O)(=O)O)c1ccco1. The van der Waals surface area contributed by atoms with Crippen molar-refractivity contribution in [3.8, 4) is 0 Å². The molecule has 0 radical (unpaired) electrons. The largest absolute Gasteiger partial charge is 0.460 e. The van der Waals surface area contributed by atoms with E-state index in [4.69, 9.17) is 4.55 Å². The first-order chi connectivity index (χ1) is 9.87. The highest BCUT2D eigenvalue weighted by Gasteiger charge is 2.62. The highest BCUT2D eigenvalue weighted by atomic mass is 32.2. The summed E-state index contributed by atoms with van der Waals surface area (Å²) < 4.78 is 102. The van der Waals surface area contributed by atoms with Crippen molar-refractivity contribution in [1.82, 2.24) is 0 Å². The molecule has 0 amide bonds. The minimum atomic E-state index is -6.29. The molecule has 126 valence electrons. The Balaban J connectivity index is 2.78. The van der Waals surface area contributed by atoms with E-state index in [-0.39, 0.29) is 5.76 Å². The van der Waals surface area contributed by atoms with Gasteiger partial charge in [0, 0.05) is 6.42 Å². The van der Waals surface area contributed by atoms with Crippen LogP contribution in [-0.4, -0.2) is 37.0 Å². The second-order valence-electron chi connectivity index (χ2n) is 4.03. The van der Waals surface area contributed by atoms with Gasteiger partial charge in [-0.25, -0.2) is 4.79 Å². The number of ether oxygens (including phenoxy) is 1. The van der Waals surface area contributed by atoms with E-state index in [2.05, 4.69) is 9.15 Å². The Bertz CT molecular complexity index is 606. The Kier molecular flexibility index (Phi) is 5.18. The van der Waals surface area contributed by atoms with Crippen LogP contribution < -0.4 is 0 Å². The van der Waals surface area contributed by atoms with Gasteiger partial charge in [0.2, 0.25) is 5.76 Å². The molecular formula is C10H9F5O6S. The fraction of sp³-hybridized carbons (Fsp3) is 0.500. The third-order valence-corrected chi connectivity index (χ3v) is 3.48. The summed E-state index contributed by atoms with van der Waals surface area (Å²) in [5.74, 6) is -5.31. The van der Waals surface area contributed by atoms with Gasteiger partial charge in [0.05, 0.1) is 12.9 Å². The summed E-state index contributed by atoms with van der Waals surface area (Å²) >= 11 is 0. The minimum absolute atomic E-state index is 0.370. The molecule has 0 bridgehead atoms. The van der Waals surface area contributed by atoms with E-state index in [0.717, 1.165) is 12.3 Å². The predicted molar refractivity (Wildman–Crippen MR) is 59.6 cm³/mol. The molecule has 12 heteroatoms. The topological polar surface area (TPSA) is 93.8 Å². The van der Waals surface area contributed by atoms with Crippen LogP contribution in [0.15, 0.2) is 22.8 Å². The van der Waals surface area contributed by atoms with E-state index < -0.39 is 46.5 Å². The molecule has 1 heterocycles. The quantitative estimate of drug-likeness (QED) is 0.480. The van der Waals surface area contributed by atoms with E-state index in [0.29, 0.717) is 0 Å². The number of esters is 1. The van der Waals surface area contributed by atoms with Crippen LogP contribution in [0.5, 0.6) is 0 Å². The monoisotopic (exact) mass is 352 g/mol. The van der Waals surface area contributed by atoms with Crippen molar-refractivity contribution in [1.29, 1.82) is 0 Å². The predicted octanol–water partition coefficient (Wildman–Crippen LogP) is 2.49. The van der Waals surface area contributed by atoms with E-state index >= 15 is 0 Å². The highest BCUT2D eigenvalue weighted by molar-refractivity contribution is 7.86. The molecule has 0 saturated carbocycles. The minimum Gasteiger partial charge on any atom is -0.460 e. The van der Waals surface area contributed by atoms with Crippen LogP contribution in [0.2, 0.25) is 0 Å². The summed E-state index contributed by atoms with van der Waals surface area (Å²) in [7, 11) is -6.29. The Labute approximate surface area is 120 Å². The zero-order chi connectivity index (χ0) is 17.2. The lowest BCUT2D eigenvalue weighted by atomic mass is 10.1. The van der Waals surface area contributed by atoms with Gasteiger partial charge >= 0.3 is 27.5 Å². The number of rotatable bonds is 6. The maximum absolute atomic E-state index is 13.2. The number of alkyl halides is 5. The number of carbonyl (C=O) groups is 1.